The predicted molar refractivity (Wildman–Crippen MR) is 100 cm³/mol. The van der Waals surface area contributed by atoms with Crippen molar-refractivity contribution in [3.05, 3.63) is 63.7 Å². The average Bonchev–Trinajstić information content (AvgIpc) is 2.59. The Morgan fingerprint density at radius 2 is 1.96 bits per heavy atom. The number of carbonyl (C=O) groups is 1. The number of fused-ring (bicyclic) bond motifs is 1. The molecule has 25 heavy (non-hydrogen) atoms. The van der Waals surface area contributed by atoms with E-state index >= 15 is 0 Å². The van der Waals surface area contributed by atoms with Crippen molar-refractivity contribution in [3.63, 3.8) is 0 Å². The first-order chi connectivity index (χ1) is 12.0. The number of nitrogens with zero attached hydrogens (tertiary/aromatic N) is 1. The number of halogens is 1. The quantitative estimate of drug-likeness (QED) is 0.835. The van der Waals surface area contributed by atoms with Crippen molar-refractivity contribution < 1.29 is 9.53 Å². The van der Waals surface area contributed by atoms with Gasteiger partial charge in [0, 0.05) is 10.6 Å². The maximum Gasteiger partial charge on any atom is 0.277 e. The van der Waals surface area contributed by atoms with E-state index in [1.54, 1.807) is 24.3 Å². The normalized spacial score (nSPS) is 14.9. The Morgan fingerprint density at radius 3 is 2.72 bits per heavy atom. The molecule has 0 atom stereocenters. The van der Waals surface area contributed by atoms with E-state index in [9.17, 15) is 4.79 Å². The summed E-state index contributed by atoms with van der Waals surface area (Å²) in [5.74, 6) is 0.320. The molecule has 0 unspecified atom stereocenters. The first-order valence-corrected chi connectivity index (χ1v) is 8.75. The molecule has 0 spiro atoms. The summed E-state index contributed by atoms with van der Waals surface area (Å²) in [6.07, 6.45) is 2.98. The fourth-order valence-electron chi connectivity index (χ4n) is 3.11. The number of hydrogen-bond acceptors (Lipinski definition) is 3. The lowest BCUT2D eigenvalue weighted by Crippen LogP contribution is -2.27. The summed E-state index contributed by atoms with van der Waals surface area (Å²) in [5.41, 5.74) is 8.54. The van der Waals surface area contributed by atoms with Gasteiger partial charge in [-0.3, -0.25) is 4.79 Å². The molecule has 0 aromatic heterocycles. The lowest BCUT2D eigenvalue weighted by Gasteiger charge is -2.20. The van der Waals surface area contributed by atoms with Gasteiger partial charge in [-0.05, 0) is 74.6 Å². The van der Waals surface area contributed by atoms with Gasteiger partial charge in [-0.15, -0.1) is 0 Å². The monoisotopic (exact) mass is 356 g/mol. The van der Waals surface area contributed by atoms with Crippen LogP contribution in [0.5, 0.6) is 5.75 Å². The standard InChI is InChI=1S/C20H21ClN2O2/c1-13-10-14(2)17-4-3-5-19(18(17)11-13)22-23-20(24)12-25-16-8-6-15(21)7-9-16/h6-11H,3-5,12H2,1-2H3,(H,23,24)/b22-19+. The molecule has 4 nitrogen and oxygen atoms in total. The first kappa shape index (κ1) is 17.5. The number of rotatable bonds is 4. The van der Waals surface area contributed by atoms with E-state index < -0.39 is 0 Å². The molecule has 1 aliphatic carbocycles. The average molecular weight is 357 g/mol. The van der Waals surface area contributed by atoms with Crippen molar-refractivity contribution in [2.45, 2.75) is 33.1 Å². The Morgan fingerprint density at radius 1 is 1.20 bits per heavy atom. The van der Waals surface area contributed by atoms with Crippen LogP contribution in [0.2, 0.25) is 5.02 Å². The van der Waals surface area contributed by atoms with E-state index in [-0.39, 0.29) is 12.5 Å². The number of amides is 1. The van der Waals surface area contributed by atoms with Gasteiger partial charge in [0.1, 0.15) is 5.75 Å². The number of carbonyl (C=O) groups excluding carboxylic acids is 1. The molecule has 0 heterocycles. The fraction of sp³-hybridized carbons (Fsp3) is 0.300. The summed E-state index contributed by atoms with van der Waals surface area (Å²) in [7, 11) is 0. The van der Waals surface area contributed by atoms with Crippen LogP contribution in [-0.4, -0.2) is 18.2 Å². The smallest absolute Gasteiger partial charge is 0.277 e. The number of hydrogen-bond donors (Lipinski definition) is 1. The third-order valence-corrected chi connectivity index (χ3v) is 4.52. The largest absolute Gasteiger partial charge is 0.484 e. The predicted octanol–water partition coefficient (Wildman–Crippen LogP) is 4.19. The molecule has 130 valence electrons. The van der Waals surface area contributed by atoms with Crippen molar-refractivity contribution >= 4 is 23.2 Å². The SMILES string of the molecule is Cc1cc(C)c2c(c1)/C(=N/NC(=O)COc1ccc(Cl)cc1)CCC2. The molecule has 1 amide bonds. The fourth-order valence-corrected chi connectivity index (χ4v) is 3.24. The van der Waals surface area contributed by atoms with Crippen LogP contribution in [0.25, 0.3) is 0 Å². The number of aryl methyl sites for hydroxylation is 2. The summed E-state index contributed by atoms with van der Waals surface area (Å²) in [6, 6.07) is 11.2. The molecule has 2 aromatic carbocycles. The minimum absolute atomic E-state index is 0.0852. The van der Waals surface area contributed by atoms with E-state index in [0.717, 1.165) is 30.5 Å². The van der Waals surface area contributed by atoms with Crippen LogP contribution in [0.15, 0.2) is 41.5 Å². The molecule has 0 bridgehead atoms. The number of ether oxygens (including phenoxy) is 1. The zero-order valence-electron chi connectivity index (χ0n) is 14.4. The van der Waals surface area contributed by atoms with Gasteiger partial charge in [-0.1, -0.05) is 23.2 Å². The molecule has 0 saturated heterocycles. The van der Waals surface area contributed by atoms with Gasteiger partial charge in [-0.2, -0.15) is 5.10 Å². The Kier molecular flexibility index (Phi) is 5.39. The Bertz CT molecular complexity index is 813. The highest BCUT2D eigenvalue weighted by Crippen LogP contribution is 2.26. The van der Waals surface area contributed by atoms with Crippen LogP contribution in [0.1, 0.15) is 35.1 Å². The topological polar surface area (TPSA) is 50.7 Å². The third kappa shape index (κ3) is 4.40. The maximum absolute atomic E-state index is 12.0. The van der Waals surface area contributed by atoms with E-state index in [2.05, 4.69) is 36.5 Å². The molecular weight excluding hydrogens is 336 g/mol. The van der Waals surface area contributed by atoms with Crippen LogP contribution < -0.4 is 10.2 Å². The Hall–Kier alpha value is -2.33. The lowest BCUT2D eigenvalue weighted by molar-refractivity contribution is -0.123. The van der Waals surface area contributed by atoms with Crippen LogP contribution in [-0.2, 0) is 11.2 Å². The molecule has 2 aromatic rings. The molecule has 0 saturated carbocycles. The van der Waals surface area contributed by atoms with Crippen molar-refractivity contribution in [2.24, 2.45) is 5.10 Å². The van der Waals surface area contributed by atoms with E-state index in [1.165, 1.54) is 16.7 Å². The van der Waals surface area contributed by atoms with Crippen LogP contribution in [0.4, 0.5) is 0 Å². The van der Waals surface area contributed by atoms with Crippen LogP contribution >= 0.6 is 11.6 Å². The minimum atomic E-state index is -0.279. The summed E-state index contributed by atoms with van der Waals surface area (Å²) >= 11 is 5.82. The van der Waals surface area contributed by atoms with E-state index in [1.807, 2.05) is 0 Å². The molecule has 0 radical (unpaired) electrons. The van der Waals surface area contributed by atoms with Crippen LogP contribution in [0.3, 0.4) is 0 Å². The lowest BCUT2D eigenvalue weighted by atomic mass is 9.86. The van der Waals surface area contributed by atoms with Gasteiger partial charge in [0.15, 0.2) is 6.61 Å². The van der Waals surface area contributed by atoms with Crippen molar-refractivity contribution in [1.29, 1.82) is 0 Å². The van der Waals surface area contributed by atoms with Gasteiger partial charge in [-0.25, -0.2) is 5.43 Å². The summed E-state index contributed by atoms with van der Waals surface area (Å²) < 4.78 is 5.43. The van der Waals surface area contributed by atoms with Crippen molar-refractivity contribution in [2.75, 3.05) is 6.61 Å². The number of nitrogens with one attached hydrogen (secondary N) is 1. The second-order valence-corrected chi connectivity index (χ2v) is 6.73. The van der Waals surface area contributed by atoms with Gasteiger partial charge < -0.3 is 4.74 Å². The zero-order chi connectivity index (χ0) is 17.8. The Labute approximate surface area is 152 Å². The summed E-state index contributed by atoms with van der Waals surface area (Å²) in [5, 5.41) is 4.98. The second-order valence-electron chi connectivity index (χ2n) is 6.30. The first-order valence-electron chi connectivity index (χ1n) is 8.37. The van der Waals surface area contributed by atoms with Gasteiger partial charge in [0.2, 0.25) is 0 Å². The van der Waals surface area contributed by atoms with Crippen LogP contribution in [0, 0.1) is 13.8 Å². The van der Waals surface area contributed by atoms with Crippen molar-refractivity contribution in [3.8, 4) is 5.75 Å². The summed E-state index contributed by atoms with van der Waals surface area (Å²) in [4.78, 5) is 12.0. The maximum atomic E-state index is 12.0. The van der Waals surface area contributed by atoms with Gasteiger partial charge >= 0.3 is 0 Å². The molecule has 1 N–H and O–H groups in total. The second kappa shape index (κ2) is 7.70. The highest BCUT2D eigenvalue weighted by atomic mass is 35.5. The molecule has 0 fully saturated rings. The molecular formula is C20H21ClN2O2. The number of benzene rings is 2. The molecule has 5 heteroatoms. The highest BCUT2D eigenvalue weighted by molar-refractivity contribution is 6.30. The zero-order valence-corrected chi connectivity index (χ0v) is 15.2. The van der Waals surface area contributed by atoms with Gasteiger partial charge in [0.25, 0.3) is 5.91 Å². The third-order valence-electron chi connectivity index (χ3n) is 4.27. The summed E-state index contributed by atoms with van der Waals surface area (Å²) in [6.45, 7) is 4.13. The minimum Gasteiger partial charge on any atom is -0.484 e. The van der Waals surface area contributed by atoms with E-state index in [0.29, 0.717) is 10.8 Å². The molecule has 1 aliphatic rings. The highest BCUT2D eigenvalue weighted by Gasteiger charge is 2.18. The van der Waals surface area contributed by atoms with E-state index in [4.69, 9.17) is 16.3 Å². The van der Waals surface area contributed by atoms with Crippen molar-refractivity contribution in [1.82, 2.24) is 5.43 Å². The molecule has 0 aliphatic heterocycles. The van der Waals surface area contributed by atoms with Gasteiger partial charge in [0.05, 0.1) is 5.71 Å². The number of hydrazone groups is 1. The Balaban J connectivity index is 1.64. The molecule has 3 rings (SSSR count).